The number of aliphatic hydroxyl groups is 1. The van der Waals surface area contributed by atoms with E-state index < -0.39 is 0 Å². The van der Waals surface area contributed by atoms with Gasteiger partial charge in [0, 0.05) is 42.9 Å². The van der Waals surface area contributed by atoms with Gasteiger partial charge in [-0.15, -0.1) is 11.3 Å². The zero-order chi connectivity index (χ0) is 20.2. The Morgan fingerprint density at radius 2 is 2.14 bits per heavy atom. The highest BCUT2D eigenvalue weighted by molar-refractivity contribution is 7.15. The van der Waals surface area contributed by atoms with Crippen LogP contribution in [0.1, 0.15) is 36.8 Å². The number of benzene rings is 1. The first kappa shape index (κ1) is 20.3. The Bertz CT molecular complexity index is 836. The Morgan fingerprint density at radius 3 is 2.90 bits per heavy atom. The summed E-state index contributed by atoms with van der Waals surface area (Å²) in [5.41, 5.74) is 2.22. The Balaban J connectivity index is 1.29. The smallest absolute Gasteiger partial charge is 0.219 e. The van der Waals surface area contributed by atoms with Crippen LogP contribution < -0.4 is 4.74 Å². The summed E-state index contributed by atoms with van der Waals surface area (Å²) in [5.74, 6) is 1.00. The predicted molar refractivity (Wildman–Crippen MR) is 114 cm³/mol. The van der Waals surface area contributed by atoms with Crippen molar-refractivity contribution in [2.75, 3.05) is 32.8 Å². The molecular weight excluding hydrogens is 386 g/mol. The summed E-state index contributed by atoms with van der Waals surface area (Å²) in [6.07, 6.45) is 4.08. The van der Waals surface area contributed by atoms with Crippen LogP contribution in [-0.4, -0.2) is 64.7 Å². The lowest BCUT2D eigenvalue weighted by Crippen LogP contribution is -2.33. The molecule has 1 amide bonds. The Hall–Kier alpha value is -1.96. The molecule has 0 radical (unpaired) electrons. The fourth-order valence-corrected chi connectivity index (χ4v) is 5.26. The molecule has 0 saturated carbocycles. The van der Waals surface area contributed by atoms with Gasteiger partial charge >= 0.3 is 0 Å². The number of nitrogens with zero attached hydrogens (tertiary/aromatic N) is 3. The monoisotopic (exact) mass is 415 g/mol. The molecule has 4 rings (SSSR count). The van der Waals surface area contributed by atoms with Crippen molar-refractivity contribution >= 4 is 17.2 Å². The molecule has 1 aromatic carbocycles. The normalized spacial score (nSPS) is 19.4. The minimum Gasteiger partial charge on any atom is -0.494 e. The van der Waals surface area contributed by atoms with Gasteiger partial charge in [0.2, 0.25) is 5.91 Å². The minimum absolute atomic E-state index is 0.128. The SMILES string of the molecule is CC(=O)N1CCc2nc(-c3ccc(OCCCN4CCC[C@H]4CO)cc3)sc2C1. The number of aliphatic hydroxyl groups excluding tert-OH is 1. The Kier molecular flexibility index (Phi) is 6.47. The van der Waals surface area contributed by atoms with Crippen LogP contribution in [0.25, 0.3) is 10.6 Å². The molecule has 2 aliphatic rings. The van der Waals surface area contributed by atoms with Crippen molar-refractivity contribution in [1.82, 2.24) is 14.8 Å². The lowest BCUT2D eigenvalue weighted by molar-refractivity contribution is -0.129. The Labute approximate surface area is 176 Å². The van der Waals surface area contributed by atoms with E-state index in [1.165, 1.54) is 11.3 Å². The molecular formula is C22H29N3O3S. The topological polar surface area (TPSA) is 65.9 Å². The number of aromatic nitrogens is 1. The molecule has 156 valence electrons. The second kappa shape index (κ2) is 9.24. The largest absolute Gasteiger partial charge is 0.494 e. The van der Waals surface area contributed by atoms with Crippen molar-refractivity contribution in [3.63, 3.8) is 0 Å². The lowest BCUT2D eigenvalue weighted by atomic mass is 10.2. The highest BCUT2D eigenvalue weighted by Crippen LogP contribution is 2.32. The van der Waals surface area contributed by atoms with Crippen LogP contribution >= 0.6 is 11.3 Å². The van der Waals surface area contributed by atoms with E-state index in [9.17, 15) is 9.90 Å². The summed E-state index contributed by atoms with van der Waals surface area (Å²) in [6.45, 7) is 6.07. The van der Waals surface area contributed by atoms with Gasteiger partial charge in [-0.05, 0) is 50.1 Å². The predicted octanol–water partition coefficient (Wildman–Crippen LogP) is 2.94. The van der Waals surface area contributed by atoms with Crippen LogP contribution in [0, 0.1) is 0 Å². The number of rotatable bonds is 7. The molecule has 0 unspecified atom stereocenters. The van der Waals surface area contributed by atoms with E-state index in [1.54, 1.807) is 18.3 Å². The van der Waals surface area contributed by atoms with Gasteiger partial charge in [-0.2, -0.15) is 0 Å². The quantitative estimate of drug-likeness (QED) is 0.705. The highest BCUT2D eigenvalue weighted by atomic mass is 32.1. The van der Waals surface area contributed by atoms with Gasteiger partial charge in [-0.1, -0.05) is 0 Å². The molecule has 1 aromatic heterocycles. The number of carbonyl (C=O) groups is 1. The van der Waals surface area contributed by atoms with Crippen molar-refractivity contribution in [1.29, 1.82) is 0 Å². The van der Waals surface area contributed by atoms with Gasteiger partial charge in [-0.25, -0.2) is 4.98 Å². The van der Waals surface area contributed by atoms with Crippen LogP contribution in [-0.2, 0) is 17.8 Å². The molecule has 2 aliphatic heterocycles. The van der Waals surface area contributed by atoms with E-state index in [-0.39, 0.29) is 12.5 Å². The van der Waals surface area contributed by atoms with Crippen LogP contribution in [0.3, 0.4) is 0 Å². The number of hydrogen-bond acceptors (Lipinski definition) is 6. The number of fused-ring (bicyclic) bond motifs is 1. The van der Waals surface area contributed by atoms with Crippen molar-refractivity contribution in [2.45, 2.75) is 45.2 Å². The van der Waals surface area contributed by atoms with E-state index in [0.29, 0.717) is 19.2 Å². The third-order valence-corrected chi connectivity index (χ3v) is 6.98. The standard InChI is InChI=1S/C22H29N3O3S/c1-16(27)25-12-9-20-21(14-25)29-22(23-20)17-5-7-19(8-6-17)28-13-3-11-24-10-2-4-18(24)15-26/h5-8,18,26H,2-4,9-15H2,1H3/t18-/m0/s1. The molecule has 1 atom stereocenters. The van der Waals surface area contributed by atoms with Crippen LogP contribution in [0.5, 0.6) is 5.75 Å². The zero-order valence-electron chi connectivity index (χ0n) is 17.0. The van der Waals surface area contributed by atoms with E-state index >= 15 is 0 Å². The van der Waals surface area contributed by atoms with Crippen LogP contribution in [0.4, 0.5) is 0 Å². The number of carbonyl (C=O) groups excluding carboxylic acids is 1. The van der Waals surface area contributed by atoms with Crippen molar-refractivity contribution < 1.29 is 14.6 Å². The first-order valence-corrected chi connectivity index (χ1v) is 11.3. The molecule has 3 heterocycles. The third-order valence-electron chi connectivity index (χ3n) is 5.85. The van der Waals surface area contributed by atoms with Gasteiger partial charge in [0.05, 0.1) is 25.5 Å². The van der Waals surface area contributed by atoms with E-state index in [2.05, 4.69) is 17.0 Å². The second-order valence-electron chi connectivity index (χ2n) is 7.82. The fourth-order valence-electron chi connectivity index (χ4n) is 4.14. The number of thiazole rings is 1. The fraction of sp³-hybridized carbons (Fsp3) is 0.545. The van der Waals surface area contributed by atoms with Gasteiger partial charge < -0.3 is 14.7 Å². The summed E-state index contributed by atoms with van der Waals surface area (Å²) in [6, 6.07) is 8.46. The molecule has 6 nitrogen and oxygen atoms in total. The summed E-state index contributed by atoms with van der Waals surface area (Å²) in [7, 11) is 0. The maximum atomic E-state index is 11.6. The third kappa shape index (κ3) is 4.79. The summed E-state index contributed by atoms with van der Waals surface area (Å²) >= 11 is 1.68. The lowest BCUT2D eigenvalue weighted by Gasteiger charge is -2.24. The zero-order valence-corrected chi connectivity index (χ0v) is 17.8. The number of likely N-dealkylation sites (tertiary alicyclic amines) is 1. The molecule has 0 bridgehead atoms. The Morgan fingerprint density at radius 1 is 1.31 bits per heavy atom. The van der Waals surface area contributed by atoms with Crippen LogP contribution in [0.15, 0.2) is 24.3 Å². The van der Waals surface area contributed by atoms with Gasteiger partial charge in [0.25, 0.3) is 0 Å². The maximum Gasteiger partial charge on any atom is 0.219 e. The molecule has 1 fully saturated rings. The average molecular weight is 416 g/mol. The molecule has 1 saturated heterocycles. The molecule has 7 heteroatoms. The van der Waals surface area contributed by atoms with Gasteiger partial charge in [0.1, 0.15) is 10.8 Å². The molecule has 29 heavy (non-hydrogen) atoms. The first-order valence-electron chi connectivity index (χ1n) is 10.5. The van der Waals surface area contributed by atoms with Crippen molar-refractivity contribution in [2.24, 2.45) is 0 Å². The molecule has 2 aromatic rings. The molecule has 0 spiro atoms. The number of hydrogen-bond donors (Lipinski definition) is 1. The average Bonchev–Trinajstić information content (AvgIpc) is 3.37. The summed E-state index contributed by atoms with van der Waals surface area (Å²) in [4.78, 5) is 21.9. The second-order valence-corrected chi connectivity index (χ2v) is 8.90. The maximum absolute atomic E-state index is 11.6. The van der Waals surface area contributed by atoms with Gasteiger partial charge in [-0.3, -0.25) is 9.69 Å². The molecule has 0 aliphatic carbocycles. The van der Waals surface area contributed by atoms with E-state index in [4.69, 9.17) is 9.72 Å². The summed E-state index contributed by atoms with van der Waals surface area (Å²) in [5, 5.41) is 10.4. The van der Waals surface area contributed by atoms with Crippen molar-refractivity contribution in [3.05, 3.63) is 34.8 Å². The van der Waals surface area contributed by atoms with E-state index in [0.717, 1.165) is 60.9 Å². The number of ether oxygens (including phenoxy) is 1. The first-order chi connectivity index (χ1) is 14.1. The minimum atomic E-state index is 0.128. The van der Waals surface area contributed by atoms with Crippen LogP contribution in [0.2, 0.25) is 0 Å². The van der Waals surface area contributed by atoms with Gasteiger partial charge in [0.15, 0.2) is 0 Å². The highest BCUT2D eigenvalue weighted by Gasteiger charge is 2.23. The van der Waals surface area contributed by atoms with Crippen molar-refractivity contribution in [3.8, 4) is 16.3 Å². The number of amides is 1. The summed E-state index contributed by atoms with van der Waals surface area (Å²) < 4.78 is 5.90. The molecule has 1 N–H and O–H groups in total. The van der Waals surface area contributed by atoms with E-state index in [1.807, 2.05) is 17.0 Å².